The molecule has 0 saturated heterocycles. The minimum Gasteiger partial charge on any atom is 0 e. The molecule has 0 saturated carbocycles. The van der Waals surface area contributed by atoms with Gasteiger partial charge in [0.15, 0.2) is 17.4 Å². The van der Waals surface area contributed by atoms with E-state index in [-0.39, 0.29) is 78.0 Å². The zero-order chi connectivity index (χ0) is 0. The Bertz CT molecular complexity index is 8.00. The third kappa shape index (κ3) is 8.82. The smallest absolute Gasteiger partial charge is 0 e. The van der Waals surface area contributed by atoms with Gasteiger partial charge >= 0.3 is 0 Å². The molecule has 0 aliphatic rings. The maximum absolute atomic E-state index is 0. The van der Waals surface area contributed by atoms with Crippen molar-refractivity contribution in [2.24, 2.45) is 0 Å². The molecule has 0 bridgehead atoms. The normalized spacial score (nSPS) is 0. The van der Waals surface area contributed by atoms with E-state index in [0.717, 1.165) is 0 Å². The third-order valence-corrected chi connectivity index (χ3v) is 0. The van der Waals surface area contributed by atoms with Gasteiger partial charge in [0, 0.05) is 60.6 Å². The zero-order valence-electron chi connectivity index (χ0n) is 1.26. The molecule has 0 aliphatic carbocycles. The fourth-order valence-corrected chi connectivity index (χ4v) is 0. The molecule has 0 heterocycles. The summed E-state index contributed by atoms with van der Waals surface area (Å²) >= 11 is 0. The van der Waals surface area contributed by atoms with Gasteiger partial charge in [-0.1, -0.05) is 0 Å². The molecule has 0 aliphatic heterocycles. The van der Waals surface area contributed by atoms with Gasteiger partial charge in [-0.05, 0) is 0 Å². The van der Waals surface area contributed by atoms with Crippen LogP contribution in [0.4, 0.5) is 0 Å². The molecule has 0 N–H and O–H groups in total. The molecule has 25 valence electrons. The van der Waals surface area contributed by atoms with Gasteiger partial charge in [0.25, 0.3) is 0 Å². The average molecular weight is 229 g/mol. The topological polar surface area (TPSA) is 0 Å². The van der Waals surface area contributed by atoms with Gasteiger partial charge in [-0.2, -0.15) is 0 Å². The van der Waals surface area contributed by atoms with Crippen LogP contribution >= 0.6 is 0 Å². The summed E-state index contributed by atoms with van der Waals surface area (Å²) in [5.41, 5.74) is 0. The van der Waals surface area contributed by atoms with E-state index < -0.39 is 0 Å². The minimum absolute atomic E-state index is 0. The van der Waals surface area contributed by atoms with Gasteiger partial charge in [-0.3, -0.25) is 0 Å². The first kappa shape index (κ1) is 31.6. The summed E-state index contributed by atoms with van der Waals surface area (Å²) in [7, 11) is 0. The maximum atomic E-state index is 0. The van der Waals surface area contributed by atoms with Crippen molar-refractivity contribution in [3.63, 3.8) is 0 Å². The van der Waals surface area contributed by atoms with Crippen molar-refractivity contribution in [3.8, 4) is 0 Å². The summed E-state index contributed by atoms with van der Waals surface area (Å²) in [5.74, 6) is 0. The average Bonchev–Trinajstić information content (AvgIpc) is 0. The van der Waals surface area contributed by atoms with Crippen LogP contribution in [0, 0.1) is 0 Å². The van der Waals surface area contributed by atoms with E-state index in [0.29, 0.717) is 0 Å². The first-order valence-corrected chi connectivity index (χ1v) is 0. The van der Waals surface area contributed by atoms with Crippen LogP contribution in [0.15, 0.2) is 0 Å². The second kappa shape index (κ2) is 17.9. The van der Waals surface area contributed by atoms with Crippen LogP contribution in [-0.2, 0) is 60.6 Å². The fourth-order valence-electron chi connectivity index (χ4n) is 0. The van der Waals surface area contributed by atoms with Crippen LogP contribution < -0.4 is 0 Å². The van der Waals surface area contributed by atoms with Gasteiger partial charge in [0.2, 0.25) is 0 Å². The Morgan fingerprint density at radius 1 is 1.00 bits per heavy atom. The molecular formula is H3AlNbNiTi. The standard InChI is InChI=1S/Al.Nb.Ni.Ti.3H. The van der Waals surface area contributed by atoms with E-state index in [1.807, 2.05) is 0 Å². The number of rotatable bonds is 0. The molecule has 0 aromatic heterocycles. The van der Waals surface area contributed by atoms with Crippen molar-refractivity contribution in [2.75, 3.05) is 0 Å². The Labute approximate surface area is 76.9 Å². The van der Waals surface area contributed by atoms with Crippen LogP contribution in [0.2, 0.25) is 0 Å². The summed E-state index contributed by atoms with van der Waals surface area (Å²) in [6, 6.07) is 0. The van der Waals surface area contributed by atoms with Gasteiger partial charge < -0.3 is 0 Å². The molecule has 0 atom stereocenters. The molecule has 0 spiro atoms. The Kier molecular flexibility index (Phi) is 141. The second-order valence-corrected chi connectivity index (χ2v) is 0. The fraction of sp³-hybridized carbons (Fsp3) is 0. The Hall–Kier alpha value is 2.48. The molecule has 0 unspecified atom stereocenters. The largest absolute Gasteiger partial charge is 0.187 e. The van der Waals surface area contributed by atoms with Crippen molar-refractivity contribution in [1.82, 2.24) is 0 Å². The summed E-state index contributed by atoms with van der Waals surface area (Å²) in [4.78, 5) is 0. The predicted octanol–water partition coefficient (Wildman–Crippen LogP) is -1.19. The molecule has 1 radical (unpaired) electrons. The molecule has 0 rings (SSSR count). The Balaban J connectivity index is 0. The second-order valence-electron chi connectivity index (χ2n) is 0. The molecule has 0 amide bonds. The van der Waals surface area contributed by atoms with Crippen molar-refractivity contribution in [3.05, 3.63) is 0 Å². The molecule has 4 heteroatoms. The first-order chi connectivity index (χ1) is 0. The Morgan fingerprint density at radius 2 is 1.00 bits per heavy atom. The van der Waals surface area contributed by atoms with Crippen molar-refractivity contribution in [1.29, 1.82) is 0 Å². The predicted molar refractivity (Wildman–Crippen MR) is 9.94 cm³/mol. The summed E-state index contributed by atoms with van der Waals surface area (Å²) in [6.45, 7) is 0. The molecular weight excluding hydrogens is 226 g/mol. The van der Waals surface area contributed by atoms with Gasteiger partial charge in [0.05, 0.1) is 0 Å². The van der Waals surface area contributed by atoms with Crippen LogP contribution in [0.1, 0.15) is 0 Å². The zero-order valence-corrected chi connectivity index (χ0v) is 6.01. The van der Waals surface area contributed by atoms with Crippen LogP contribution in [-0.4, -0.2) is 17.4 Å². The number of hydrogen-bond acceptors (Lipinski definition) is 0. The molecule has 0 nitrogen and oxygen atoms in total. The van der Waals surface area contributed by atoms with Gasteiger partial charge in [0.1, 0.15) is 0 Å². The minimum atomic E-state index is 0. The van der Waals surface area contributed by atoms with E-state index in [1.54, 1.807) is 0 Å². The van der Waals surface area contributed by atoms with Crippen molar-refractivity contribution < 1.29 is 60.6 Å². The van der Waals surface area contributed by atoms with Crippen LogP contribution in [0.25, 0.3) is 0 Å². The van der Waals surface area contributed by atoms with Crippen molar-refractivity contribution in [2.45, 2.75) is 0 Å². The maximum Gasteiger partial charge on any atom is 0.187 e. The van der Waals surface area contributed by atoms with Crippen LogP contribution in [0.5, 0.6) is 0 Å². The van der Waals surface area contributed by atoms with Gasteiger partial charge in [-0.25, -0.2) is 0 Å². The third-order valence-electron chi connectivity index (χ3n) is 0. The summed E-state index contributed by atoms with van der Waals surface area (Å²) in [5, 5.41) is 0. The van der Waals surface area contributed by atoms with Crippen molar-refractivity contribution >= 4 is 17.4 Å². The van der Waals surface area contributed by atoms with E-state index in [2.05, 4.69) is 0 Å². The monoisotopic (exact) mass is 229 g/mol. The van der Waals surface area contributed by atoms with E-state index >= 15 is 0 Å². The molecule has 0 aromatic rings. The SMILES string of the molecule is [AlH3].[Nb].[Ni].[Ti]. The van der Waals surface area contributed by atoms with Gasteiger partial charge in [-0.15, -0.1) is 0 Å². The molecule has 0 fully saturated rings. The molecule has 0 aromatic carbocycles. The summed E-state index contributed by atoms with van der Waals surface area (Å²) < 4.78 is 0. The van der Waals surface area contributed by atoms with E-state index in [1.165, 1.54) is 0 Å². The molecule has 4 heavy (non-hydrogen) atoms. The quantitative estimate of drug-likeness (QED) is 0.458. The van der Waals surface area contributed by atoms with E-state index in [4.69, 9.17) is 0 Å². The number of hydrogen-bond donors (Lipinski definition) is 0. The van der Waals surface area contributed by atoms with Crippen LogP contribution in [0.3, 0.4) is 0 Å². The summed E-state index contributed by atoms with van der Waals surface area (Å²) in [6.07, 6.45) is 0. The first-order valence-electron chi connectivity index (χ1n) is 0. The van der Waals surface area contributed by atoms with E-state index in [9.17, 15) is 0 Å². The Morgan fingerprint density at radius 3 is 1.00 bits per heavy atom.